The number of amides is 1. The van der Waals surface area contributed by atoms with Gasteiger partial charge in [0.05, 0.1) is 11.0 Å². The molecule has 0 saturated carbocycles. The lowest BCUT2D eigenvalue weighted by Gasteiger charge is -2.05. The number of aryl methyl sites for hydroxylation is 2. The third kappa shape index (κ3) is 2.66. The first kappa shape index (κ1) is 14.8. The highest BCUT2D eigenvalue weighted by Gasteiger charge is 2.10. The maximum atomic E-state index is 12.0. The van der Waals surface area contributed by atoms with E-state index in [0.717, 1.165) is 16.6 Å². The van der Waals surface area contributed by atoms with E-state index in [1.54, 1.807) is 23.2 Å². The average Bonchev–Trinajstić information content (AvgIpc) is 2.77. The number of aromatic amines is 1. The van der Waals surface area contributed by atoms with Crippen molar-refractivity contribution in [1.29, 1.82) is 0 Å². The number of hydrogen-bond donors (Lipinski definition) is 2. The Kier molecular flexibility index (Phi) is 3.57. The minimum Gasteiger partial charge on any atom is -0.347 e. The molecule has 3 aromatic rings. The third-order valence-electron chi connectivity index (χ3n) is 3.70. The number of aromatic nitrogens is 4. The number of rotatable bonds is 3. The zero-order valence-corrected chi connectivity index (χ0v) is 12.7. The standard InChI is InChI=1S/C15H15N5O3/c1-19-11-5-3-9(7-12(11)20(2)15(19)23)8-16-14(22)10-4-6-13(21)18-17-10/h3-7H,8H2,1-2H3,(H,16,22)(H,18,21). The van der Waals surface area contributed by atoms with Crippen LogP contribution in [0.3, 0.4) is 0 Å². The monoisotopic (exact) mass is 313 g/mol. The van der Waals surface area contributed by atoms with Crippen molar-refractivity contribution in [3.05, 3.63) is 62.4 Å². The van der Waals surface area contributed by atoms with Crippen LogP contribution in [0.25, 0.3) is 11.0 Å². The number of carbonyl (C=O) groups excluding carboxylic acids is 1. The molecule has 3 rings (SSSR count). The van der Waals surface area contributed by atoms with Crippen LogP contribution in [0.2, 0.25) is 0 Å². The second-order valence-corrected chi connectivity index (χ2v) is 5.21. The molecule has 23 heavy (non-hydrogen) atoms. The number of H-pyrrole nitrogens is 1. The van der Waals surface area contributed by atoms with E-state index in [9.17, 15) is 14.4 Å². The van der Waals surface area contributed by atoms with Crippen molar-refractivity contribution in [1.82, 2.24) is 24.6 Å². The molecular formula is C15H15N5O3. The fraction of sp³-hybridized carbons (Fsp3) is 0.200. The summed E-state index contributed by atoms with van der Waals surface area (Å²) in [6.07, 6.45) is 0. The van der Waals surface area contributed by atoms with E-state index in [1.165, 1.54) is 12.1 Å². The van der Waals surface area contributed by atoms with Gasteiger partial charge >= 0.3 is 5.69 Å². The van der Waals surface area contributed by atoms with Crippen LogP contribution in [0.15, 0.2) is 39.9 Å². The average molecular weight is 313 g/mol. The summed E-state index contributed by atoms with van der Waals surface area (Å²) in [5, 5.41) is 8.61. The summed E-state index contributed by atoms with van der Waals surface area (Å²) in [6, 6.07) is 8.15. The summed E-state index contributed by atoms with van der Waals surface area (Å²) >= 11 is 0. The van der Waals surface area contributed by atoms with Crippen LogP contribution in [-0.2, 0) is 20.6 Å². The number of benzene rings is 1. The van der Waals surface area contributed by atoms with Gasteiger partial charge < -0.3 is 5.32 Å². The first-order valence-corrected chi connectivity index (χ1v) is 6.95. The van der Waals surface area contributed by atoms with Crippen molar-refractivity contribution in [3.63, 3.8) is 0 Å². The Labute approximate surface area is 130 Å². The van der Waals surface area contributed by atoms with Crippen LogP contribution in [-0.4, -0.2) is 25.2 Å². The van der Waals surface area contributed by atoms with Crippen molar-refractivity contribution in [2.75, 3.05) is 0 Å². The lowest BCUT2D eigenvalue weighted by Crippen LogP contribution is -2.25. The molecule has 0 fully saturated rings. The largest absolute Gasteiger partial charge is 0.347 e. The second kappa shape index (κ2) is 5.56. The number of imidazole rings is 1. The number of nitrogens with one attached hydrogen (secondary N) is 2. The summed E-state index contributed by atoms with van der Waals surface area (Å²) in [5.41, 5.74) is 2.16. The van der Waals surface area contributed by atoms with Crippen molar-refractivity contribution < 1.29 is 4.79 Å². The van der Waals surface area contributed by atoms with Crippen LogP contribution >= 0.6 is 0 Å². The van der Waals surface area contributed by atoms with Crippen LogP contribution in [0, 0.1) is 0 Å². The number of hydrogen-bond acceptors (Lipinski definition) is 4. The smallest absolute Gasteiger partial charge is 0.328 e. The fourth-order valence-electron chi connectivity index (χ4n) is 2.41. The van der Waals surface area contributed by atoms with Crippen molar-refractivity contribution in [3.8, 4) is 0 Å². The van der Waals surface area contributed by atoms with Gasteiger partial charge in [0.2, 0.25) is 0 Å². The van der Waals surface area contributed by atoms with Crippen molar-refractivity contribution in [2.45, 2.75) is 6.54 Å². The summed E-state index contributed by atoms with van der Waals surface area (Å²) in [4.78, 5) is 34.8. The van der Waals surface area contributed by atoms with Gasteiger partial charge in [0.15, 0.2) is 0 Å². The van der Waals surface area contributed by atoms with E-state index in [1.807, 2.05) is 18.2 Å². The van der Waals surface area contributed by atoms with Crippen LogP contribution in [0.1, 0.15) is 16.1 Å². The van der Waals surface area contributed by atoms with Gasteiger partial charge in [0.25, 0.3) is 11.5 Å². The predicted octanol–water partition coefficient (Wildman–Crippen LogP) is -0.110. The van der Waals surface area contributed by atoms with Gasteiger partial charge in [-0.3, -0.25) is 18.7 Å². The van der Waals surface area contributed by atoms with Gasteiger partial charge in [-0.2, -0.15) is 5.10 Å². The Balaban J connectivity index is 1.80. The zero-order valence-electron chi connectivity index (χ0n) is 12.7. The highest BCUT2D eigenvalue weighted by molar-refractivity contribution is 5.92. The quantitative estimate of drug-likeness (QED) is 0.704. The Morgan fingerprint density at radius 3 is 2.57 bits per heavy atom. The highest BCUT2D eigenvalue weighted by atomic mass is 16.2. The first-order chi connectivity index (χ1) is 11.0. The van der Waals surface area contributed by atoms with Crippen LogP contribution < -0.4 is 16.6 Å². The van der Waals surface area contributed by atoms with Gasteiger partial charge in [-0.25, -0.2) is 9.89 Å². The molecule has 0 aliphatic carbocycles. The number of nitrogens with zero attached hydrogens (tertiary/aromatic N) is 3. The van der Waals surface area contributed by atoms with Gasteiger partial charge in [0, 0.05) is 26.7 Å². The molecule has 8 heteroatoms. The molecule has 118 valence electrons. The molecule has 1 amide bonds. The Hall–Kier alpha value is -3.16. The van der Waals surface area contributed by atoms with E-state index in [4.69, 9.17) is 0 Å². The molecule has 0 atom stereocenters. The van der Waals surface area contributed by atoms with Gasteiger partial charge in [-0.05, 0) is 23.8 Å². The molecule has 0 spiro atoms. The predicted molar refractivity (Wildman–Crippen MR) is 84.2 cm³/mol. The van der Waals surface area contributed by atoms with E-state index in [2.05, 4.69) is 15.5 Å². The highest BCUT2D eigenvalue weighted by Crippen LogP contribution is 2.14. The maximum Gasteiger partial charge on any atom is 0.328 e. The molecule has 0 aliphatic rings. The molecule has 0 aliphatic heterocycles. The Morgan fingerprint density at radius 2 is 1.87 bits per heavy atom. The Morgan fingerprint density at radius 1 is 1.13 bits per heavy atom. The second-order valence-electron chi connectivity index (χ2n) is 5.21. The molecule has 1 aromatic carbocycles. The molecular weight excluding hydrogens is 298 g/mol. The van der Waals surface area contributed by atoms with Gasteiger partial charge in [-0.15, -0.1) is 0 Å². The molecule has 0 radical (unpaired) electrons. The van der Waals surface area contributed by atoms with Crippen LogP contribution in [0.5, 0.6) is 0 Å². The fourth-order valence-corrected chi connectivity index (χ4v) is 2.41. The maximum absolute atomic E-state index is 12.0. The van der Waals surface area contributed by atoms with E-state index >= 15 is 0 Å². The molecule has 2 heterocycles. The van der Waals surface area contributed by atoms with E-state index < -0.39 is 0 Å². The molecule has 0 saturated heterocycles. The van der Waals surface area contributed by atoms with E-state index in [-0.39, 0.29) is 22.9 Å². The Bertz CT molecular complexity index is 992. The number of carbonyl (C=O) groups is 1. The molecule has 0 unspecified atom stereocenters. The molecule has 8 nitrogen and oxygen atoms in total. The topological polar surface area (TPSA) is 102 Å². The normalized spacial score (nSPS) is 10.9. The van der Waals surface area contributed by atoms with Crippen molar-refractivity contribution >= 4 is 16.9 Å². The lowest BCUT2D eigenvalue weighted by atomic mass is 10.2. The van der Waals surface area contributed by atoms with Crippen molar-refractivity contribution in [2.24, 2.45) is 14.1 Å². The summed E-state index contributed by atoms with van der Waals surface area (Å²) in [7, 11) is 3.42. The SMILES string of the molecule is Cn1c(=O)n(C)c2cc(CNC(=O)c3ccc(=O)[nH]n3)ccc21. The molecule has 2 N–H and O–H groups in total. The summed E-state index contributed by atoms with van der Waals surface area (Å²) < 4.78 is 3.13. The summed E-state index contributed by atoms with van der Waals surface area (Å²) in [5.74, 6) is -0.386. The summed E-state index contributed by atoms with van der Waals surface area (Å²) in [6.45, 7) is 0.290. The van der Waals surface area contributed by atoms with E-state index in [0.29, 0.717) is 6.54 Å². The van der Waals surface area contributed by atoms with Gasteiger partial charge in [0.1, 0.15) is 5.69 Å². The minimum atomic E-state index is -0.386. The lowest BCUT2D eigenvalue weighted by molar-refractivity contribution is 0.0945. The van der Waals surface area contributed by atoms with Gasteiger partial charge in [-0.1, -0.05) is 6.07 Å². The molecule has 0 bridgehead atoms. The zero-order chi connectivity index (χ0) is 16.6. The minimum absolute atomic E-state index is 0.0985. The van der Waals surface area contributed by atoms with Crippen LogP contribution in [0.4, 0.5) is 0 Å². The number of fused-ring (bicyclic) bond motifs is 1. The third-order valence-corrected chi connectivity index (χ3v) is 3.70. The molecule has 2 aromatic heterocycles. The first-order valence-electron chi connectivity index (χ1n) is 6.95.